The lowest BCUT2D eigenvalue weighted by atomic mass is 10.2. The molecule has 0 fully saturated rings. The van der Waals surface area contributed by atoms with E-state index in [9.17, 15) is 28.1 Å². The fourth-order valence-corrected chi connectivity index (χ4v) is 0.974. The molecular weight excluding hydrogens is 239 g/mol. The molecule has 4 nitrogen and oxygen atoms in total. The van der Waals surface area contributed by atoms with Crippen molar-refractivity contribution in [2.24, 2.45) is 0 Å². The van der Waals surface area contributed by atoms with Gasteiger partial charge in [-0.2, -0.15) is 13.2 Å². The Morgan fingerprint density at radius 3 is 2.18 bits per heavy atom. The molecule has 0 heterocycles. The first kappa shape index (κ1) is 12.9. The minimum absolute atomic E-state index is 0.177. The molecule has 0 spiro atoms. The molecule has 17 heavy (non-hydrogen) atoms. The molecule has 0 atom stereocenters. The fraction of sp³-hybridized carbons (Fsp3) is 0.100. The third-order valence-corrected chi connectivity index (χ3v) is 1.81. The van der Waals surface area contributed by atoms with Crippen LogP contribution in [0.4, 0.5) is 18.9 Å². The summed E-state index contributed by atoms with van der Waals surface area (Å²) < 4.78 is 35.5. The molecule has 0 bridgehead atoms. The summed E-state index contributed by atoms with van der Waals surface area (Å²) in [4.78, 5) is 20.2. The highest BCUT2D eigenvalue weighted by atomic mass is 19.4. The van der Waals surface area contributed by atoms with Crippen LogP contribution >= 0.6 is 0 Å². The van der Waals surface area contributed by atoms with Crippen molar-refractivity contribution in [2.75, 3.05) is 0 Å². The predicted octanol–water partition coefficient (Wildman–Crippen LogP) is 2.74. The van der Waals surface area contributed by atoms with Crippen molar-refractivity contribution in [3.8, 4) is 0 Å². The number of halogens is 3. The molecule has 90 valence electrons. The Kier molecular flexibility index (Phi) is 3.62. The molecule has 0 aliphatic heterocycles. The van der Waals surface area contributed by atoms with Crippen LogP contribution in [-0.2, 0) is 4.79 Å². The van der Waals surface area contributed by atoms with Gasteiger partial charge in [-0.15, -0.1) is 0 Å². The second-order valence-electron chi connectivity index (χ2n) is 3.04. The second kappa shape index (κ2) is 4.77. The summed E-state index contributed by atoms with van der Waals surface area (Å²) >= 11 is 0. The summed E-state index contributed by atoms with van der Waals surface area (Å²) in [6, 6.07) is 4.77. The number of rotatable bonds is 3. The van der Waals surface area contributed by atoms with Gasteiger partial charge in [0.15, 0.2) is 0 Å². The van der Waals surface area contributed by atoms with Crippen molar-refractivity contribution in [3.63, 3.8) is 0 Å². The minimum Gasteiger partial charge on any atom is -0.285 e. The molecule has 0 aliphatic rings. The highest BCUT2D eigenvalue weighted by Crippen LogP contribution is 2.18. The van der Waals surface area contributed by atoms with Gasteiger partial charge in [-0.1, -0.05) is 6.08 Å². The highest BCUT2D eigenvalue weighted by Gasteiger charge is 2.35. The van der Waals surface area contributed by atoms with Crippen LogP contribution in [0.3, 0.4) is 0 Å². The van der Waals surface area contributed by atoms with Gasteiger partial charge in [0.25, 0.3) is 11.5 Å². The van der Waals surface area contributed by atoms with Crippen molar-refractivity contribution in [1.82, 2.24) is 0 Å². The number of allylic oxidation sites excluding steroid dienone is 1. The molecule has 0 unspecified atom stereocenters. The van der Waals surface area contributed by atoms with E-state index >= 15 is 0 Å². The normalized spacial score (nSPS) is 11.7. The number of hydrogen-bond donors (Lipinski definition) is 0. The molecule has 0 amide bonds. The molecule has 7 heteroatoms. The summed E-state index contributed by atoms with van der Waals surface area (Å²) in [5, 5.41) is 10.3. The summed E-state index contributed by atoms with van der Waals surface area (Å²) in [6.07, 6.45) is -3.59. The van der Waals surface area contributed by atoms with Crippen molar-refractivity contribution in [1.29, 1.82) is 0 Å². The molecule has 1 aromatic carbocycles. The van der Waals surface area contributed by atoms with Crippen molar-refractivity contribution in [2.45, 2.75) is 6.18 Å². The molecule has 1 aromatic rings. The average Bonchev–Trinajstić information content (AvgIpc) is 2.25. The quantitative estimate of drug-likeness (QED) is 0.467. The Hall–Kier alpha value is -2.18. The van der Waals surface area contributed by atoms with Crippen molar-refractivity contribution >= 4 is 17.5 Å². The fourth-order valence-electron chi connectivity index (χ4n) is 0.974. The van der Waals surface area contributed by atoms with Crippen molar-refractivity contribution < 1.29 is 22.9 Å². The Morgan fingerprint density at radius 1 is 1.24 bits per heavy atom. The van der Waals surface area contributed by atoms with E-state index in [0.717, 1.165) is 18.2 Å². The number of non-ortho nitro benzene ring substituents is 1. The minimum atomic E-state index is -4.91. The van der Waals surface area contributed by atoms with Crippen LogP contribution in [0.5, 0.6) is 0 Å². The van der Waals surface area contributed by atoms with Gasteiger partial charge >= 0.3 is 6.18 Å². The van der Waals surface area contributed by atoms with E-state index in [-0.39, 0.29) is 11.3 Å². The molecule has 0 radical (unpaired) electrons. The molecule has 0 aromatic heterocycles. The van der Waals surface area contributed by atoms with Gasteiger partial charge in [0.2, 0.25) is 0 Å². The lowest BCUT2D eigenvalue weighted by molar-refractivity contribution is -0.384. The Labute approximate surface area is 93.5 Å². The zero-order valence-electron chi connectivity index (χ0n) is 8.27. The summed E-state index contributed by atoms with van der Waals surface area (Å²) in [6.45, 7) is 0. The maximum Gasteiger partial charge on any atom is 0.454 e. The van der Waals surface area contributed by atoms with Crippen LogP contribution in [-0.4, -0.2) is 16.9 Å². The molecule has 1 rings (SSSR count). The van der Waals surface area contributed by atoms with Gasteiger partial charge in [-0.25, -0.2) is 0 Å². The third kappa shape index (κ3) is 3.71. The smallest absolute Gasteiger partial charge is 0.285 e. The number of alkyl halides is 3. The molecule has 0 N–H and O–H groups in total. The van der Waals surface area contributed by atoms with Crippen LogP contribution < -0.4 is 0 Å². The van der Waals surface area contributed by atoms with Gasteiger partial charge in [-0.05, 0) is 23.8 Å². The summed E-state index contributed by atoms with van der Waals surface area (Å²) in [5.74, 6) is -1.98. The zero-order chi connectivity index (χ0) is 13.1. The molecule has 0 saturated heterocycles. The van der Waals surface area contributed by atoms with Crippen LogP contribution in [0.25, 0.3) is 6.08 Å². The van der Waals surface area contributed by atoms with E-state index in [4.69, 9.17) is 0 Å². The van der Waals surface area contributed by atoms with Gasteiger partial charge < -0.3 is 0 Å². The number of nitro benzene ring substituents is 1. The summed E-state index contributed by atoms with van der Waals surface area (Å²) in [7, 11) is 0. The van der Waals surface area contributed by atoms with E-state index in [1.54, 1.807) is 0 Å². The molecule has 0 saturated carbocycles. The van der Waals surface area contributed by atoms with E-state index in [1.807, 2.05) is 0 Å². The number of ketones is 1. The predicted molar refractivity (Wildman–Crippen MR) is 53.2 cm³/mol. The van der Waals surface area contributed by atoms with Gasteiger partial charge in [0.1, 0.15) is 0 Å². The van der Waals surface area contributed by atoms with Crippen LogP contribution in [0.2, 0.25) is 0 Å². The maximum atomic E-state index is 11.8. The Balaban J connectivity index is 2.80. The number of nitro groups is 1. The standard InChI is InChI=1S/C10H6F3NO3/c11-10(12,13)9(15)6-3-7-1-4-8(5-2-7)14(16)17/h1-6H/b6-3+. The number of hydrogen-bond acceptors (Lipinski definition) is 3. The average molecular weight is 245 g/mol. The highest BCUT2D eigenvalue weighted by molar-refractivity contribution is 5.97. The third-order valence-electron chi connectivity index (χ3n) is 1.81. The van der Waals surface area contributed by atoms with Gasteiger partial charge in [-0.3, -0.25) is 14.9 Å². The number of nitrogens with zero attached hydrogens (tertiary/aromatic N) is 1. The Bertz CT molecular complexity index is 463. The zero-order valence-corrected chi connectivity index (χ0v) is 8.27. The second-order valence-corrected chi connectivity index (χ2v) is 3.04. The van der Waals surface area contributed by atoms with E-state index in [2.05, 4.69) is 0 Å². The maximum absolute atomic E-state index is 11.8. The molecule has 0 aliphatic carbocycles. The first-order valence-corrected chi connectivity index (χ1v) is 4.34. The van der Waals surface area contributed by atoms with E-state index in [0.29, 0.717) is 6.08 Å². The van der Waals surface area contributed by atoms with Crippen LogP contribution in [0.1, 0.15) is 5.56 Å². The SMILES string of the molecule is O=C(/C=C/c1ccc([N+](=O)[O-])cc1)C(F)(F)F. The monoisotopic (exact) mass is 245 g/mol. The van der Waals surface area contributed by atoms with Gasteiger partial charge in [0.05, 0.1) is 4.92 Å². The van der Waals surface area contributed by atoms with E-state index in [1.165, 1.54) is 12.1 Å². The number of carbonyl (C=O) groups excluding carboxylic acids is 1. The summed E-state index contributed by atoms with van der Waals surface area (Å²) in [5.41, 5.74) is 0.0949. The first-order chi connectivity index (χ1) is 7.80. The van der Waals surface area contributed by atoms with Gasteiger partial charge in [0, 0.05) is 12.1 Å². The number of carbonyl (C=O) groups is 1. The van der Waals surface area contributed by atoms with Crippen LogP contribution in [0, 0.1) is 10.1 Å². The lowest BCUT2D eigenvalue weighted by Crippen LogP contribution is -2.19. The number of benzene rings is 1. The lowest BCUT2D eigenvalue weighted by Gasteiger charge is -1.99. The molecular formula is C10H6F3NO3. The topological polar surface area (TPSA) is 60.2 Å². The van der Waals surface area contributed by atoms with Crippen LogP contribution in [0.15, 0.2) is 30.3 Å². The Morgan fingerprint density at radius 2 is 1.76 bits per heavy atom. The first-order valence-electron chi connectivity index (χ1n) is 4.34. The largest absolute Gasteiger partial charge is 0.454 e. The van der Waals surface area contributed by atoms with Crippen molar-refractivity contribution in [3.05, 3.63) is 46.0 Å². The van der Waals surface area contributed by atoms with E-state index < -0.39 is 16.9 Å².